The molecule has 1 aliphatic heterocycles. The van der Waals surface area contributed by atoms with E-state index in [1.807, 2.05) is 13.0 Å². The van der Waals surface area contributed by atoms with Crippen molar-refractivity contribution in [2.24, 2.45) is 10.4 Å². The number of para-hydroxylation sites is 1. The number of allylic oxidation sites excluding steroid dienone is 2. The molecule has 0 spiro atoms. The largest absolute Gasteiger partial charge is 0.374 e. The van der Waals surface area contributed by atoms with Crippen LogP contribution < -0.4 is 10.2 Å². The molecule has 1 N–H and O–H groups in total. The molecule has 0 saturated carbocycles. The molecule has 1 fully saturated rings. The van der Waals surface area contributed by atoms with E-state index < -0.39 is 0 Å². The van der Waals surface area contributed by atoms with Crippen LogP contribution in [0.2, 0.25) is 0 Å². The summed E-state index contributed by atoms with van der Waals surface area (Å²) in [6, 6.07) is 10.6. The molecule has 0 atom stereocenters. The van der Waals surface area contributed by atoms with Crippen molar-refractivity contribution in [2.75, 3.05) is 38.1 Å². The van der Waals surface area contributed by atoms with E-state index in [0.29, 0.717) is 11.2 Å². The Bertz CT molecular complexity index is 731. The van der Waals surface area contributed by atoms with E-state index in [1.165, 1.54) is 31.0 Å². The van der Waals surface area contributed by atoms with Crippen LogP contribution in [0.15, 0.2) is 58.9 Å². The summed E-state index contributed by atoms with van der Waals surface area (Å²) in [6.07, 6.45) is 7.34. The first-order valence-corrected chi connectivity index (χ1v) is 10.4. The molecule has 1 heterocycles. The van der Waals surface area contributed by atoms with Crippen LogP contribution in [0.3, 0.4) is 0 Å². The van der Waals surface area contributed by atoms with E-state index in [9.17, 15) is 4.79 Å². The molecule has 0 aromatic heterocycles. The van der Waals surface area contributed by atoms with Gasteiger partial charge in [0.15, 0.2) is 0 Å². The zero-order valence-electron chi connectivity index (χ0n) is 18.4. The summed E-state index contributed by atoms with van der Waals surface area (Å²) in [5.74, 6) is 0.385. The molecule has 1 aromatic rings. The number of hydrogen-bond acceptors (Lipinski definition) is 4. The van der Waals surface area contributed by atoms with E-state index in [4.69, 9.17) is 0 Å². The fraction of sp³-hybridized carbons (Fsp3) is 0.500. The van der Waals surface area contributed by atoms with E-state index in [-0.39, 0.29) is 5.91 Å². The predicted molar refractivity (Wildman–Crippen MR) is 123 cm³/mol. The van der Waals surface area contributed by atoms with Crippen molar-refractivity contribution in [1.29, 1.82) is 0 Å². The predicted octanol–water partition coefficient (Wildman–Crippen LogP) is 4.24. The van der Waals surface area contributed by atoms with Crippen molar-refractivity contribution in [3.05, 3.63) is 53.9 Å². The third kappa shape index (κ3) is 7.50. The summed E-state index contributed by atoms with van der Waals surface area (Å²) in [6.45, 7) is 13.8. The van der Waals surface area contributed by atoms with Gasteiger partial charge in [-0.05, 0) is 75.2 Å². The van der Waals surface area contributed by atoms with Gasteiger partial charge in [0.05, 0.1) is 0 Å². The van der Waals surface area contributed by atoms with Crippen molar-refractivity contribution in [3.8, 4) is 0 Å². The first kappa shape index (κ1) is 22.9. The number of benzene rings is 1. The maximum absolute atomic E-state index is 11.2. The molecule has 1 aliphatic rings. The van der Waals surface area contributed by atoms with Gasteiger partial charge in [0, 0.05) is 32.7 Å². The van der Waals surface area contributed by atoms with Gasteiger partial charge in [0.1, 0.15) is 5.82 Å². The Morgan fingerprint density at radius 3 is 2.52 bits per heavy atom. The molecule has 0 aliphatic carbocycles. The van der Waals surface area contributed by atoms with Crippen molar-refractivity contribution in [2.45, 2.75) is 40.0 Å². The third-order valence-electron chi connectivity index (χ3n) is 5.76. The molecular weight excluding hydrogens is 360 g/mol. The van der Waals surface area contributed by atoms with Crippen molar-refractivity contribution >= 4 is 18.3 Å². The number of carbonyl (C=O) groups is 1. The highest BCUT2D eigenvalue weighted by atomic mass is 16.1. The second-order valence-electron chi connectivity index (χ2n) is 8.33. The van der Waals surface area contributed by atoms with Gasteiger partial charge < -0.3 is 15.1 Å². The van der Waals surface area contributed by atoms with E-state index in [0.717, 1.165) is 32.6 Å². The minimum absolute atomic E-state index is 0.130. The van der Waals surface area contributed by atoms with Gasteiger partial charge in [-0.15, -0.1) is 0 Å². The van der Waals surface area contributed by atoms with E-state index >= 15 is 0 Å². The van der Waals surface area contributed by atoms with Crippen LogP contribution >= 0.6 is 0 Å². The molecule has 0 radical (unpaired) electrons. The first-order valence-electron chi connectivity index (χ1n) is 10.4. The number of carbonyl (C=O) groups excluding carboxylic acids is 1. The first-order chi connectivity index (χ1) is 13.8. The lowest BCUT2D eigenvalue weighted by molar-refractivity contribution is -0.118. The van der Waals surface area contributed by atoms with Gasteiger partial charge in [-0.25, -0.2) is 4.99 Å². The maximum Gasteiger partial charge on any atom is 0.222 e. The summed E-state index contributed by atoms with van der Waals surface area (Å²) in [7, 11) is 2.19. The van der Waals surface area contributed by atoms with Crippen LogP contribution in [-0.2, 0) is 4.79 Å². The zero-order valence-corrected chi connectivity index (χ0v) is 18.4. The Morgan fingerprint density at radius 1 is 1.31 bits per heavy atom. The lowest BCUT2D eigenvalue weighted by Gasteiger charge is -2.42. The molecule has 1 saturated heterocycles. The van der Waals surface area contributed by atoms with Crippen molar-refractivity contribution < 1.29 is 4.79 Å². The Labute approximate surface area is 176 Å². The lowest BCUT2D eigenvalue weighted by atomic mass is 9.79. The number of nitrogens with zero attached hydrogens (tertiary/aromatic N) is 3. The van der Waals surface area contributed by atoms with E-state index in [2.05, 4.69) is 77.2 Å². The fourth-order valence-electron chi connectivity index (χ4n) is 3.89. The number of rotatable bonds is 9. The van der Waals surface area contributed by atoms with Crippen LogP contribution in [0, 0.1) is 5.41 Å². The molecule has 1 amide bonds. The van der Waals surface area contributed by atoms with Crippen LogP contribution in [-0.4, -0.2) is 50.8 Å². The Balaban J connectivity index is 1.83. The molecule has 158 valence electrons. The average Bonchev–Trinajstić information content (AvgIpc) is 2.71. The number of hydrogen-bond donors (Lipinski definition) is 1. The Morgan fingerprint density at radius 2 is 1.97 bits per heavy atom. The second kappa shape index (κ2) is 11.0. The topological polar surface area (TPSA) is 47.9 Å². The van der Waals surface area contributed by atoms with Gasteiger partial charge in [0.2, 0.25) is 5.91 Å². The molecule has 2 rings (SSSR count). The molecule has 5 heteroatoms. The quantitative estimate of drug-likeness (QED) is 0.502. The third-order valence-corrected chi connectivity index (χ3v) is 5.76. The highest BCUT2D eigenvalue weighted by Crippen LogP contribution is 2.33. The molecular formula is C24H36N4O. The van der Waals surface area contributed by atoms with Crippen LogP contribution in [0.5, 0.6) is 0 Å². The normalized spacial score (nSPS) is 17.7. The molecule has 0 unspecified atom stereocenters. The van der Waals surface area contributed by atoms with Crippen molar-refractivity contribution in [1.82, 2.24) is 10.2 Å². The Hall–Kier alpha value is -2.40. The van der Waals surface area contributed by atoms with Crippen LogP contribution in [0.1, 0.15) is 40.0 Å². The Kier molecular flexibility index (Phi) is 8.65. The molecule has 1 aromatic carbocycles. The van der Waals surface area contributed by atoms with Gasteiger partial charge in [-0.3, -0.25) is 4.79 Å². The SMILES string of the molecule is C=N/C(=C\C(=C/C)CCN1CCC(C)(CN(C)c2ccccc2)CC1)NC(C)=O. The smallest absolute Gasteiger partial charge is 0.222 e. The van der Waals surface area contributed by atoms with Crippen LogP contribution in [0.25, 0.3) is 0 Å². The van der Waals surface area contributed by atoms with Crippen molar-refractivity contribution in [3.63, 3.8) is 0 Å². The van der Waals surface area contributed by atoms with Gasteiger partial charge in [-0.1, -0.05) is 31.2 Å². The minimum atomic E-state index is -0.130. The second-order valence-corrected chi connectivity index (χ2v) is 8.33. The molecule has 5 nitrogen and oxygen atoms in total. The standard InChI is InChI=1S/C24H36N4O/c1-6-21(18-23(25-4)26-20(2)29)12-15-28-16-13-24(3,14-17-28)19-27(5)22-10-8-7-9-11-22/h6-11,18H,4,12-17,19H2,1-3,5H3,(H,26,29)/b21-6-,23-18+. The number of anilines is 1. The number of piperidine rings is 1. The number of amides is 1. The fourth-order valence-corrected chi connectivity index (χ4v) is 3.89. The summed E-state index contributed by atoms with van der Waals surface area (Å²) >= 11 is 0. The van der Waals surface area contributed by atoms with Crippen LogP contribution in [0.4, 0.5) is 5.69 Å². The summed E-state index contributed by atoms with van der Waals surface area (Å²) in [4.78, 5) is 20.1. The summed E-state index contributed by atoms with van der Waals surface area (Å²) < 4.78 is 0. The number of likely N-dealkylation sites (tertiary alicyclic amines) is 1. The monoisotopic (exact) mass is 396 g/mol. The van der Waals surface area contributed by atoms with E-state index in [1.54, 1.807) is 0 Å². The minimum Gasteiger partial charge on any atom is -0.374 e. The van der Waals surface area contributed by atoms with Gasteiger partial charge >= 0.3 is 0 Å². The number of aliphatic imine (C=N–C) groups is 1. The highest BCUT2D eigenvalue weighted by molar-refractivity contribution is 5.75. The summed E-state index contributed by atoms with van der Waals surface area (Å²) in [5, 5.41) is 2.71. The number of nitrogens with one attached hydrogen (secondary N) is 1. The lowest BCUT2D eigenvalue weighted by Crippen LogP contribution is -2.44. The summed E-state index contributed by atoms with van der Waals surface area (Å²) in [5.41, 5.74) is 2.79. The van der Waals surface area contributed by atoms with Gasteiger partial charge in [-0.2, -0.15) is 0 Å². The average molecular weight is 397 g/mol. The van der Waals surface area contributed by atoms with Gasteiger partial charge in [0.25, 0.3) is 0 Å². The highest BCUT2D eigenvalue weighted by Gasteiger charge is 2.31. The maximum atomic E-state index is 11.2. The molecule has 29 heavy (non-hydrogen) atoms. The zero-order chi connectivity index (χ0) is 21.3. The molecule has 0 bridgehead atoms.